The zero-order chi connectivity index (χ0) is 40.3. The Labute approximate surface area is 363 Å². The van der Waals surface area contributed by atoms with Crippen molar-refractivity contribution in [1.82, 2.24) is 9.97 Å². The van der Waals surface area contributed by atoms with Gasteiger partial charge in [0.2, 0.25) is 0 Å². The number of allylic oxidation sites excluding steroid dienone is 3. The maximum absolute atomic E-state index is 10.2. The predicted molar refractivity (Wildman–Crippen MR) is 259 cm³/mol. The SMILES string of the molecule is CCCC[Si]1(CCCC)C2=C(SC(c3cc4c(s3)-c3sc(/C=C(\C#N)c5ccncc5)cc3[Si]4(CCCC)CCCC)C2)c2sc(/C=C(\C#N)c3ccncc3)cc21. The van der Waals surface area contributed by atoms with Crippen LogP contribution in [0.4, 0.5) is 0 Å². The van der Waals surface area contributed by atoms with Crippen molar-refractivity contribution in [1.29, 1.82) is 10.5 Å². The second kappa shape index (κ2) is 17.9. The molecule has 0 radical (unpaired) electrons. The van der Waals surface area contributed by atoms with E-state index in [0.717, 1.165) is 11.1 Å². The zero-order valence-corrected chi connectivity index (χ0v) is 39.5. The van der Waals surface area contributed by atoms with Crippen molar-refractivity contribution in [3.8, 4) is 21.9 Å². The Kier molecular flexibility index (Phi) is 12.7. The van der Waals surface area contributed by atoms with Crippen LogP contribution in [0.3, 0.4) is 0 Å². The highest BCUT2D eigenvalue weighted by Crippen LogP contribution is 2.61. The van der Waals surface area contributed by atoms with Gasteiger partial charge in [-0.1, -0.05) is 84.3 Å². The van der Waals surface area contributed by atoms with Gasteiger partial charge in [-0.3, -0.25) is 9.97 Å². The van der Waals surface area contributed by atoms with Crippen molar-refractivity contribution in [2.24, 2.45) is 0 Å². The summed E-state index contributed by atoms with van der Waals surface area (Å²) in [6.07, 6.45) is 22.5. The van der Waals surface area contributed by atoms with Crippen LogP contribution < -0.4 is 15.6 Å². The van der Waals surface area contributed by atoms with E-state index < -0.39 is 16.1 Å². The summed E-state index contributed by atoms with van der Waals surface area (Å²) < 4.78 is 0. The fourth-order valence-electron chi connectivity index (χ4n) is 9.69. The standard InChI is InChI=1S/C48H52N4S4Si2/c1-5-9-21-57(22-10-6-2)41-27-37(25-35(31-49)33-13-17-51-18-14-33)53-45(41)47-43(57)29-39(55-47)40-30-44-48(56-40)46-42(58(44,23-11-7-3)24-12-8-4)28-38(54-46)26-36(32-50)34-15-19-52-20-16-34/h13-20,25-29,40H,5-12,21-24,30H2,1-4H3/b35-25+,36-26+. The lowest BCUT2D eigenvalue weighted by atomic mass is 10.1. The highest BCUT2D eigenvalue weighted by atomic mass is 32.2. The topological polar surface area (TPSA) is 73.4 Å². The number of aromatic nitrogens is 2. The van der Waals surface area contributed by atoms with Crippen molar-refractivity contribution in [3.63, 3.8) is 0 Å². The summed E-state index contributed by atoms with van der Waals surface area (Å²) in [4.78, 5) is 18.6. The summed E-state index contributed by atoms with van der Waals surface area (Å²) in [6, 6.07) is 25.8. The molecule has 1 atom stereocenters. The average molecular weight is 869 g/mol. The molecule has 0 bridgehead atoms. The molecular weight excluding hydrogens is 817 g/mol. The van der Waals surface area contributed by atoms with Crippen LogP contribution in [0.1, 0.15) is 121 Å². The molecule has 0 aromatic carbocycles. The summed E-state index contributed by atoms with van der Waals surface area (Å²) in [5, 5.41) is 27.8. The lowest BCUT2D eigenvalue weighted by Crippen LogP contribution is -2.54. The first-order valence-corrected chi connectivity index (χ1v) is 29.5. The smallest absolute Gasteiger partial charge is 0.122 e. The highest BCUT2D eigenvalue weighted by Gasteiger charge is 2.52. The normalized spacial score (nSPS) is 17.5. The minimum Gasteiger partial charge on any atom is -0.265 e. The molecule has 0 spiro atoms. The molecule has 3 aliphatic heterocycles. The minimum absolute atomic E-state index is 0.458. The fraction of sp³-hybridized carbons (Fsp3) is 0.375. The molecule has 58 heavy (non-hydrogen) atoms. The summed E-state index contributed by atoms with van der Waals surface area (Å²) in [5.41, 5.74) is 3.28. The van der Waals surface area contributed by atoms with E-state index in [2.05, 4.69) is 103 Å². The molecule has 0 amide bonds. The number of fused-ring (bicyclic) bond motifs is 5. The molecule has 1 unspecified atom stereocenters. The summed E-state index contributed by atoms with van der Waals surface area (Å²) >= 11 is 8.14. The Bertz CT molecular complexity index is 2440. The van der Waals surface area contributed by atoms with E-state index in [9.17, 15) is 10.5 Å². The highest BCUT2D eigenvalue weighted by molar-refractivity contribution is 8.09. The van der Waals surface area contributed by atoms with Crippen molar-refractivity contribution in [2.45, 2.75) is 115 Å². The Morgan fingerprint density at radius 3 is 1.59 bits per heavy atom. The van der Waals surface area contributed by atoms with Crippen LogP contribution in [0, 0.1) is 22.7 Å². The molecule has 4 nitrogen and oxygen atoms in total. The van der Waals surface area contributed by atoms with Gasteiger partial charge in [0.25, 0.3) is 0 Å². The van der Waals surface area contributed by atoms with Gasteiger partial charge in [0.1, 0.15) is 16.1 Å². The van der Waals surface area contributed by atoms with Crippen LogP contribution in [0.25, 0.3) is 38.0 Å². The molecular formula is C48H52N4S4Si2. The molecule has 8 rings (SSSR count). The van der Waals surface area contributed by atoms with E-state index in [1.165, 1.54) is 101 Å². The number of hydrogen-bond acceptors (Lipinski definition) is 8. The van der Waals surface area contributed by atoms with E-state index in [0.29, 0.717) is 16.4 Å². The second-order valence-electron chi connectivity index (χ2n) is 16.2. The lowest BCUT2D eigenvalue weighted by molar-refractivity contribution is 0.830. The van der Waals surface area contributed by atoms with Crippen LogP contribution in [-0.4, -0.2) is 26.1 Å². The van der Waals surface area contributed by atoms with Gasteiger partial charge < -0.3 is 0 Å². The van der Waals surface area contributed by atoms with Crippen LogP contribution in [0.2, 0.25) is 24.2 Å². The van der Waals surface area contributed by atoms with Crippen LogP contribution in [0.5, 0.6) is 0 Å². The lowest BCUT2D eigenvalue weighted by Gasteiger charge is -2.31. The third kappa shape index (κ3) is 7.44. The summed E-state index contributed by atoms with van der Waals surface area (Å²) in [5.74, 6) is 0. The number of nitriles is 2. The molecule has 0 saturated heterocycles. The van der Waals surface area contributed by atoms with E-state index in [1.807, 2.05) is 52.1 Å². The molecule has 296 valence electrons. The maximum Gasteiger partial charge on any atom is 0.122 e. The third-order valence-corrected chi connectivity index (χ3v) is 29.4. The molecule has 8 heterocycles. The summed E-state index contributed by atoms with van der Waals surface area (Å²) in [7, 11) is -3.97. The second-order valence-corrected chi connectivity index (χ2v) is 29.2. The van der Waals surface area contributed by atoms with Crippen molar-refractivity contribution in [3.05, 3.63) is 103 Å². The number of thiophene rings is 3. The molecule has 0 fully saturated rings. The van der Waals surface area contributed by atoms with Gasteiger partial charge in [0.05, 0.1) is 23.3 Å². The van der Waals surface area contributed by atoms with E-state index in [-0.39, 0.29) is 0 Å². The Hall–Kier alpha value is -3.62. The first-order chi connectivity index (χ1) is 28.4. The Morgan fingerprint density at radius 1 is 0.638 bits per heavy atom. The fourth-order valence-corrected chi connectivity index (χ4v) is 29.7. The molecule has 3 aliphatic rings. The van der Waals surface area contributed by atoms with Gasteiger partial charge >= 0.3 is 0 Å². The zero-order valence-electron chi connectivity index (χ0n) is 34.2. The first kappa shape index (κ1) is 41.1. The molecule has 0 saturated carbocycles. The quantitative estimate of drug-likeness (QED) is 0.0687. The van der Waals surface area contributed by atoms with E-state index in [1.54, 1.807) is 55.0 Å². The van der Waals surface area contributed by atoms with E-state index in [4.69, 9.17) is 0 Å². The van der Waals surface area contributed by atoms with Gasteiger partial charge in [0.15, 0.2) is 0 Å². The Balaban J connectivity index is 1.19. The molecule has 5 aromatic heterocycles. The van der Waals surface area contributed by atoms with Gasteiger partial charge in [0, 0.05) is 64.2 Å². The number of nitrogens with zero attached hydrogens (tertiary/aromatic N) is 4. The predicted octanol–water partition coefficient (Wildman–Crippen LogP) is 13.3. The van der Waals surface area contributed by atoms with Crippen LogP contribution >= 0.6 is 45.8 Å². The third-order valence-electron chi connectivity index (χ3n) is 12.7. The largest absolute Gasteiger partial charge is 0.265 e. The number of rotatable bonds is 17. The molecule has 5 aromatic rings. The molecule has 10 heteroatoms. The van der Waals surface area contributed by atoms with E-state index >= 15 is 0 Å². The Morgan fingerprint density at radius 2 is 1.09 bits per heavy atom. The minimum atomic E-state index is -2.01. The summed E-state index contributed by atoms with van der Waals surface area (Å²) in [6.45, 7) is 9.41. The van der Waals surface area contributed by atoms with Crippen molar-refractivity contribution < 1.29 is 0 Å². The number of unbranched alkanes of at least 4 members (excludes halogenated alkanes) is 4. The van der Waals surface area contributed by atoms with Crippen molar-refractivity contribution in [2.75, 3.05) is 0 Å². The van der Waals surface area contributed by atoms with Crippen LogP contribution in [0.15, 0.2) is 72.4 Å². The molecule has 0 aliphatic carbocycles. The average Bonchev–Trinajstić information content (AvgIpc) is 4.11. The monoisotopic (exact) mass is 868 g/mol. The maximum atomic E-state index is 10.2. The van der Waals surface area contributed by atoms with Gasteiger partial charge in [-0.15, -0.1) is 45.8 Å². The van der Waals surface area contributed by atoms with Gasteiger partial charge in [-0.25, -0.2) is 0 Å². The van der Waals surface area contributed by atoms with Crippen molar-refractivity contribution >= 4 is 106 Å². The number of hydrogen-bond donors (Lipinski definition) is 0. The van der Waals surface area contributed by atoms with Gasteiger partial charge in [-0.05, 0) is 112 Å². The first-order valence-electron chi connectivity index (χ1n) is 21.3. The number of thioether (sulfide) groups is 1. The van der Waals surface area contributed by atoms with Crippen LogP contribution in [-0.2, 0) is 0 Å². The van der Waals surface area contributed by atoms with Gasteiger partial charge in [-0.2, -0.15) is 10.5 Å². The molecule has 0 N–H and O–H groups in total. The number of pyridine rings is 2.